The molecule has 2 aromatic heterocycles. The van der Waals surface area contributed by atoms with E-state index >= 15 is 0 Å². The number of pyridine rings is 1. The monoisotopic (exact) mass is 271 g/mol. The second-order valence-corrected chi connectivity index (χ2v) is 5.14. The van der Waals surface area contributed by atoms with Gasteiger partial charge in [0.1, 0.15) is 0 Å². The van der Waals surface area contributed by atoms with Crippen molar-refractivity contribution >= 4 is 5.95 Å². The van der Waals surface area contributed by atoms with Gasteiger partial charge in [0, 0.05) is 64.1 Å². The second-order valence-electron chi connectivity index (χ2n) is 5.14. The molecule has 0 aliphatic carbocycles. The molecule has 5 heteroatoms. The zero-order valence-corrected chi connectivity index (χ0v) is 11.9. The summed E-state index contributed by atoms with van der Waals surface area (Å²) >= 11 is 0. The van der Waals surface area contributed by atoms with E-state index in [1.165, 1.54) is 5.56 Å². The van der Waals surface area contributed by atoms with Gasteiger partial charge < -0.3 is 9.47 Å². The van der Waals surface area contributed by atoms with E-state index in [9.17, 15) is 0 Å². The van der Waals surface area contributed by atoms with Crippen LogP contribution in [-0.2, 0) is 13.1 Å². The second kappa shape index (κ2) is 6.05. The van der Waals surface area contributed by atoms with Crippen molar-refractivity contribution in [2.45, 2.75) is 20.0 Å². The van der Waals surface area contributed by atoms with Gasteiger partial charge in [-0.1, -0.05) is 6.07 Å². The van der Waals surface area contributed by atoms with Crippen molar-refractivity contribution in [3.05, 3.63) is 42.5 Å². The van der Waals surface area contributed by atoms with Gasteiger partial charge in [-0.15, -0.1) is 0 Å². The summed E-state index contributed by atoms with van der Waals surface area (Å²) in [6, 6.07) is 4.15. The molecule has 2 aromatic rings. The molecule has 0 aromatic carbocycles. The number of nitrogens with zero attached hydrogens (tertiary/aromatic N) is 5. The Morgan fingerprint density at radius 1 is 1.15 bits per heavy atom. The zero-order valence-electron chi connectivity index (χ0n) is 11.9. The Hall–Kier alpha value is -1.88. The predicted molar refractivity (Wildman–Crippen MR) is 79.6 cm³/mol. The van der Waals surface area contributed by atoms with Crippen LogP contribution in [0.1, 0.15) is 12.5 Å². The van der Waals surface area contributed by atoms with Crippen LogP contribution in [0.5, 0.6) is 0 Å². The first-order valence-corrected chi connectivity index (χ1v) is 7.24. The first kappa shape index (κ1) is 13.1. The molecule has 3 heterocycles. The molecule has 20 heavy (non-hydrogen) atoms. The summed E-state index contributed by atoms with van der Waals surface area (Å²) in [6.45, 7) is 8.35. The van der Waals surface area contributed by atoms with Crippen molar-refractivity contribution in [1.82, 2.24) is 19.4 Å². The summed E-state index contributed by atoms with van der Waals surface area (Å²) in [5.74, 6) is 1.11. The highest BCUT2D eigenvalue weighted by molar-refractivity contribution is 5.32. The minimum atomic E-state index is 0.977. The van der Waals surface area contributed by atoms with Gasteiger partial charge in [0.25, 0.3) is 0 Å². The fourth-order valence-corrected chi connectivity index (χ4v) is 2.69. The molecular weight excluding hydrogens is 250 g/mol. The zero-order chi connectivity index (χ0) is 13.8. The highest BCUT2D eigenvalue weighted by atomic mass is 15.3. The van der Waals surface area contributed by atoms with E-state index in [1.54, 1.807) is 0 Å². The van der Waals surface area contributed by atoms with Crippen molar-refractivity contribution in [3.8, 4) is 0 Å². The molecule has 0 unspecified atom stereocenters. The Morgan fingerprint density at radius 3 is 2.70 bits per heavy atom. The highest BCUT2D eigenvalue weighted by Crippen LogP contribution is 2.15. The fourth-order valence-electron chi connectivity index (χ4n) is 2.69. The number of aromatic nitrogens is 3. The van der Waals surface area contributed by atoms with Crippen LogP contribution in [0, 0.1) is 0 Å². The van der Waals surface area contributed by atoms with Crippen molar-refractivity contribution in [1.29, 1.82) is 0 Å². The van der Waals surface area contributed by atoms with Crippen molar-refractivity contribution in [2.75, 3.05) is 31.1 Å². The largest absolute Gasteiger partial charge is 0.340 e. The Labute approximate surface area is 119 Å². The third-order valence-electron chi connectivity index (χ3n) is 3.82. The Kier molecular flexibility index (Phi) is 3.97. The molecule has 106 valence electrons. The number of hydrogen-bond donors (Lipinski definition) is 0. The van der Waals surface area contributed by atoms with Crippen molar-refractivity contribution in [2.24, 2.45) is 0 Å². The first-order valence-electron chi connectivity index (χ1n) is 7.24. The Bertz CT molecular complexity index is 528. The number of aryl methyl sites for hydroxylation is 1. The van der Waals surface area contributed by atoms with E-state index in [0.717, 1.165) is 45.2 Å². The van der Waals surface area contributed by atoms with Gasteiger partial charge in [0.2, 0.25) is 5.95 Å². The van der Waals surface area contributed by atoms with Crippen LogP contribution in [0.2, 0.25) is 0 Å². The van der Waals surface area contributed by atoms with Crippen molar-refractivity contribution in [3.63, 3.8) is 0 Å². The van der Waals surface area contributed by atoms with Crippen LogP contribution >= 0.6 is 0 Å². The number of piperazine rings is 1. The van der Waals surface area contributed by atoms with Gasteiger partial charge in [-0.3, -0.25) is 9.88 Å². The number of anilines is 1. The first-order chi connectivity index (χ1) is 9.86. The molecule has 0 bridgehead atoms. The molecule has 1 aliphatic rings. The normalized spacial score (nSPS) is 16.6. The maximum Gasteiger partial charge on any atom is 0.205 e. The standard InChI is InChI=1S/C15H21N5/c1-2-19-7-6-17-15(19)20-10-8-18(9-11-20)13-14-4-3-5-16-12-14/h3-7,12H,2,8-11,13H2,1H3. The van der Waals surface area contributed by atoms with Gasteiger partial charge in [0.15, 0.2) is 0 Å². The lowest BCUT2D eigenvalue weighted by molar-refractivity contribution is 0.248. The summed E-state index contributed by atoms with van der Waals surface area (Å²) < 4.78 is 2.21. The van der Waals surface area contributed by atoms with Crippen LogP contribution in [0.25, 0.3) is 0 Å². The van der Waals surface area contributed by atoms with E-state index in [0.29, 0.717) is 0 Å². The van der Waals surface area contributed by atoms with E-state index < -0.39 is 0 Å². The summed E-state index contributed by atoms with van der Waals surface area (Å²) in [6.07, 6.45) is 7.72. The molecule has 0 spiro atoms. The summed E-state index contributed by atoms with van der Waals surface area (Å²) in [4.78, 5) is 13.5. The third-order valence-corrected chi connectivity index (χ3v) is 3.82. The average Bonchev–Trinajstić information content (AvgIpc) is 2.98. The lowest BCUT2D eigenvalue weighted by atomic mass is 10.2. The maximum atomic E-state index is 4.48. The predicted octanol–water partition coefficient (Wildman–Crippen LogP) is 1.62. The molecule has 0 radical (unpaired) electrons. The molecule has 1 saturated heterocycles. The number of rotatable bonds is 4. The molecule has 1 fully saturated rings. The molecule has 5 nitrogen and oxygen atoms in total. The molecule has 1 aliphatic heterocycles. The Morgan fingerprint density at radius 2 is 2.00 bits per heavy atom. The molecule has 0 amide bonds. The van der Waals surface area contributed by atoms with Gasteiger partial charge in [-0.2, -0.15) is 0 Å². The van der Waals surface area contributed by atoms with Gasteiger partial charge in [0.05, 0.1) is 0 Å². The topological polar surface area (TPSA) is 37.2 Å². The van der Waals surface area contributed by atoms with Crippen LogP contribution in [0.15, 0.2) is 36.9 Å². The van der Waals surface area contributed by atoms with Crippen LogP contribution in [0.4, 0.5) is 5.95 Å². The SMILES string of the molecule is CCn1ccnc1N1CCN(Cc2cccnc2)CC1. The molecule has 0 saturated carbocycles. The lowest BCUT2D eigenvalue weighted by Crippen LogP contribution is -2.46. The molecular formula is C15H21N5. The number of imidazole rings is 1. The molecule has 0 atom stereocenters. The maximum absolute atomic E-state index is 4.48. The van der Waals surface area contributed by atoms with Crippen LogP contribution in [-0.4, -0.2) is 45.6 Å². The van der Waals surface area contributed by atoms with Crippen LogP contribution < -0.4 is 4.90 Å². The van der Waals surface area contributed by atoms with E-state index in [4.69, 9.17) is 0 Å². The van der Waals surface area contributed by atoms with Gasteiger partial charge in [-0.05, 0) is 18.6 Å². The van der Waals surface area contributed by atoms with Crippen LogP contribution in [0.3, 0.4) is 0 Å². The summed E-state index contributed by atoms with van der Waals surface area (Å²) in [7, 11) is 0. The third kappa shape index (κ3) is 2.82. The van der Waals surface area contributed by atoms with E-state index in [-0.39, 0.29) is 0 Å². The Balaban J connectivity index is 1.57. The minimum Gasteiger partial charge on any atom is -0.340 e. The molecule has 0 N–H and O–H groups in total. The van der Waals surface area contributed by atoms with E-state index in [1.807, 2.05) is 24.7 Å². The smallest absolute Gasteiger partial charge is 0.205 e. The van der Waals surface area contributed by atoms with Gasteiger partial charge >= 0.3 is 0 Å². The quantitative estimate of drug-likeness (QED) is 0.847. The fraction of sp³-hybridized carbons (Fsp3) is 0.467. The summed E-state index contributed by atoms with van der Waals surface area (Å²) in [5, 5.41) is 0. The summed E-state index contributed by atoms with van der Waals surface area (Å²) in [5.41, 5.74) is 1.29. The number of hydrogen-bond acceptors (Lipinski definition) is 4. The minimum absolute atomic E-state index is 0.977. The van der Waals surface area contributed by atoms with E-state index in [2.05, 4.69) is 43.5 Å². The lowest BCUT2D eigenvalue weighted by Gasteiger charge is -2.35. The molecule has 3 rings (SSSR count). The van der Waals surface area contributed by atoms with Gasteiger partial charge in [-0.25, -0.2) is 4.98 Å². The van der Waals surface area contributed by atoms with Crippen molar-refractivity contribution < 1.29 is 0 Å². The highest BCUT2D eigenvalue weighted by Gasteiger charge is 2.19. The average molecular weight is 271 g/mol.